The van der Waals surface area contributed by atoms with Crippen molar-refractivity contribution in [2.24, 2.45) is 5.41 Å². The van der Waals surface area contributed by atoms with Gasteiger partial charge in [-0.2, -0.15) is 0 Å². The summed E-state index contributed by atoms with van der Waals surface area (Å²) in [7, 11) is 0. The minimum atomic E-state index is -0.989. The van der Waals surface area contributed by atoms with Crippen LogP contribution in [0.25, 0.3) is 10.9 Å². The second-order valence-electron chi connectivity index (χ2n) is 8.43. The summed E-state index contributed by atoms with van der Waals surface area (Å²) in [5, 5.41) is 11.3. The van der Waals surface area contributed by atoms with Crippen LogP contribution in [-0.4, -0.2) is 15.6 Å². The highest BCUT2D eigenvalue weighted by molar-refractivity contribution is 7.99. The number of carboxylic acids is 1. The Kier molecular flexibility index (Phi) is 6.31. The van der Waals surface area contributed by atoms with Crippen molar-refractivity contribution in [1.82, 2.24) is 4.57 Å². The summed E-state index contributed by atoms with van der Waals surface area (Å²) in [6.07, 6.45) is 0.307. The number of carboxylic acid groups (broad SMARTS) is 1. The summed E-state index contributed by atoms with van der Waals surface area (Å²) in [6.45, 7) is 3.97. The molecular weight excluding hydrogens is 445 g/mol. The second kappa shape index (κ2) is 9.00. The van der Waals surface area contributed by atoms with E-state index < -0.39 is 11.4 Å². The lowest BCUT2D eigenvalue weighted by Crippen LogP contribution is -2.27. The molecule has 0 amide bonds. The van der Waals surface area contributed by atoms with E-state index in [-0.39, 0.29) is 5.82 Å². The third-order valence-corrected chi connectivity index (χ3v) is 6.91. The molecular formula is C26H23ClFNO2S. The number of aromatic nitrogens is 1. The Morgan fingerprint density at radius 3 is 2.41 bits per heavy atom. The lowest BCUT2D eigenvalue weighted by molar-refractivity contribution is -0.146. The van der Waals surface area contributed by atoms with Gasteiger partial charge >= 0.3 is 5.97 Å². The molecule has 32 heavy (non-hydrogen) atoms. The standard InChI is InChI=1S/C26H23ClFNO2S/c1-26(2,25(30)31)15-23-24(32-20-6-4-3-5-7-20)21-14-19(28)12-13-22(21)29(23)16-17-8-10-18(27)11-9-17/h3-14H,15-16H2,1-2H3,(H,30,31). The predicted molar refractivity (Wildman–Crippen MR) is 128 cm³/mol. The van der Waals surface area contributed by atoms with Crippen molar-refractivity contribution in [3.63, 3.8) is 0 Å². The molecule has 0 spiro atoms. The minimum Gasteiger partial charge on any atom is -0.481 e. The van der Waals surface area contributed by atoms with E-state index in [0.717, 1.165) is 32.0 Å². The summed E-state index contributed by atoms with van der Waals surface area (Å²) in [5.74, 6) is -1.19. The molecule has 0 aliphatic carbocycles. The summed E-state index contributed by atoms with van der Waals surface area (Å²) < 4.78 is 16.4. The Morgan fingerprint density at radius 2 is 1.75 bits per heavy atom. The first kappa shape index (κ1) is 22.4. The van der Waals surface area contributed by atoms with Crippen LogP contribution in [0.15, 0.2) is 82.6 Å². The summed E-state index contributed by atoms with van der Waals surface area (Å²) in [6, 6.07) is 22.2. The van der Waals surface area contributed by atoms with Crippen LogP contribution in [0.4, 0.5) is 4.39 Å². The van der Waals surface area contributed by atoms with Gasteiger partial charge in [-0.3, -0.25) is 4.79 Å². The first-order valence-corrected chi connectivity index (χ1v) is 11.5. The third kappa shape index (κ3) is 4.69. The van der Waals surface area contributed by atoms with Crippen molar-refractivity contribution < 1.29 is 14.3 Å². The molecule has 6 heteroatoms. The van der Waals surface area contributed by atoms with Crippen LogP contribution in [0.5, 0.6) is 0 Å². The van der Waals surface area contributed by atoms with Gasteiger partial charge in [0, 0.05) is 44.4 Å². The number of fused-ring (bicyclic) bond motifs is 1. The number of halogens is 2. The highest BCUT2D eigenvalue weighted by Gasteiger charge is 2.31. The van der Waals surface area contributed by atoms with Gasteiger partial charge in [-0.1, -0.05) is 53.7 Å². The monoisotopic (exact) mass is 467 g/mol. The fourth-order valence-corrected chi connectivity index (χ4v) is 4.92. The number of benzene rings is 3. The highest BCUT2D eigenvalue weighted by Crippen LogP contribution is 2.41. The first-order chi connectivity index (χ1) is 15.2. The van der Waals surface area contributed by atoms with Crippen LogP contribution in [0.1, 0.15) is 25.1 Å². The van der Waals surface area contributed by atoms with Gasteiger partial charge in [0.1, 0.15) is 5.82 Å². The first-order valence-electron chi connectivity index (χ1n) is 10.3. The van der Waals surface area contributed by atoms with Gasteiger partial charge in [0.15, 0.2) is 0 Å². The van der Waals surface area contributed by atoms with Gasteiger partial charge in [-0.15, -0.1) is 0 Å². The fourth-order valence-electron chi connectivity index (χ4n) is 3.69. The lowest BCUT2D eigenvalue weighted by Gasteiger charge is -2.22. The maximum Gasteiger partial charge on any atom is 0.309 e. The number of hydrogen-bond acceptors (Lipinski definition) is 2. The van der Waals surface area contributed by atoms with Crippen molar-refractivity contribution in [2.45, 2.75) is 36.6 Å². The van der Waals surface area contributed by atoms with Crippen LogP contribution in [0.2, 0.25) is 5.02 Å². The molecule has 0 saturated heterocycles. The van der Waals surface area contributed by atoms with E-state index in [1.807, 2.05) is 54.6 Å². The average Bonchev–Trinajstić information content (AvgIpc) is 3.02. The summed E-state index contributed by atoms with van der Waals surface area (Å²) in [4.78, 5) is 13.9. The average molecular weight is 468 g/mol. The Balaban J connectivity index is 1.93. The molecule has 1 N–H and O–H groups in total. The van der Waals surface area contributed by atoms with Crippen molar-refractivity contribution in [3.8, 4) is 0 Å². The number of rotatable bonds is 7. The zero-order valence-corrected chi connectivity index (χ0v) is 19.4. The zero-order chi connectivity index (χ0) is 22.9. The molecule has 0 aliphatic rings. The molecule has 0 radical (unpaired) electrons. The molecule has 1 aromatic heterocycles. The molecule has 3 aromatic carbocycles. The van der Waals surface area contributed by atoms with E-state index in [2.05, 4.69) is 4.57 Å². The third-order valence-electron chi connectivity index (χ3n) is 5.49. The van der Waals surface area contributed by atoms with Crippen LogP contribution < -0.4 is 0 Å². The van der Waals surface area contributed by atoms with Crippen molar-refractivity contribution >= 4 is 40.2 Å². The molecule has 164 valence electrons. The maximum atomic E-state index is 14.3. The van der Waals surface area contributed by atoms with Gasteiger partial charge in [-0.05, 0) is 61.9 Å². The number of hydrogen-bond donors (Lipinski definition) is 1. The van der Waals surface area contributed by atoms with Crippen LogP contribution in [-0.2, 0) is 17.8 Å². The number of aliphatic carboxylic acids is 1. The van der Waals surface area contributed by atoms with Crippen LogP contribution in [0, 0.1) is 11.2 Å². The van der Waals surface area contributed by atoms with Crippen LogP contribution >= 0.6 is 23.4 Å². The maximum absolute atomic E-state index is 14.3. The number of nitrogens with zero attached hydrogens (tertiary/aromatic N) is 1. The normalized spacial score (nSPS) is 11.8. The topological polar surface area (TPSA) is 42.2 Å². The molecule has 0 aliphatic heterocycles. The molecule has 3 nitrogen and oxygen atoms in total. The van der Waals surface area contributed by atoms with E-state index in [0.29, 0.717) is 18.0 Å². The van der Waals surface area contributed by atoms with E-state index in [4.69, 9.17) is 11.6 Å². The van der Waals surface area contributed by atoms with E-state index in [1.165, 1.54) is 23.9 Å². The summed E-state index contributed by atoms with van der Waals surface area (Å²) in [5.41, 5.74) is 1.79. The smallest absolute Gasteiger partial charge is 0.309 e. The van der Waals surface area contributed by atoms with Gasteiger partial charge < -0.3 is 9.67 Å². The Labute approximate surface area is 195 Å². The van der Waals surface area contributed by atoms with Gasteiger partial charge in [0.2, 0.25) is 0 Å². The van der Waals surface area contributed by atoms with E-state index in [1.54, 1.807) is 19.9 Å². The molecule has 0 unspecified atom stereocenters. The fraction of sp³-hybridized carbons (Fsp3) is 0.192. The highest BCUT2D eigenvalue weighted by atomic mass is 35.5. The summed E-state index contributed by atoms with van der Waals surface area (Å²) >= 11 is 7.59. The van der Waals surface area contributed by atoms with Crippen molar-refractivity contribution in [3.05, 3.63) is 94.9 Å². The predicted octanol–water partition coefficient (Wildman–Crippen LogP) is 7.29. The Bertz CT molecular complexity index is 1270. The van der Waals surface area contributed by atoms with E-state index >= 15 is 0 Å². The van der Waals surface area contributed by atoms with Gasteiger partial charge in [0.25, 0.3) is 0 Å². The zero-order valence-electron chi connectivity index (χ0n) is 17.8. The molecule has 0 bridgehead atoms. The SMILES string of the molecule is CC(C)(Cc1c(Sc2ccccc2)c2cc(F)ccc2n1Cc1ccc(Cl)cc1)C(=O)O. The van der Waals surface area contributed by atoms with Crippen LogP contribution in [0.3, 0.4) is 0 Å². The molecule has 0 fully saturated rings. The van der Waals surface area contributed by atoms with E-state index in [9.17, 15) is 14.3 Å². The lowest BCUT2D eigenvalue weighted by atomic mass is 9.88. The minimum absolute atomic E-state index is 0.307. The van der Waals surface area contributed by atoms with Gasteiger partial charge in [0.05, 0.1) is 5.41 Å². The van der Waals surface area contributed by atoms with Gasteiger partial charge in [-0.25, -0.2) is 4.39 Å². The molecule has 4 aromatic rings. The molecule has 4 rings (SSSR count). The Hall–Kier alpha value is -2.76. The second-order valence-corrected chi connectivity index (χ2v) is 9.95. The quantitative estimate of drug-likeness (QED) is 0.310. The Morgan fingerprint density at radius 1 is 1.06 bits per heavy atom. The van der Waals surface area contributed by atoms with Crippen molar-refractivity contribution in [1.29, 1.82) is 0 Å². The van der Waals surface area contributed by atoms with Crippen molar-refractivity contribution in [2.75, 3.05) is 0 Å². The largest absolute Gasteiger partial charge is 0.481 e. The molecule has 0 atom stereocenters. The molecule has 0 saturated carbocycles. The molecule has 1 heterocycles. The number of carbonyl (C=O) groups is 1.